The third-order valence-corrected chi connectivity index (χ3v) is 6.39. The predicted octanol–water partition coefficient (Wildman–Crippen LogP) is 3.07. The molecule has 2 amide bonds. The Morgan fingerprint density at radius 3 is 2.29 bits per heavy atom. The molecule has 0 aliphatic heterocycles. The SMILES string of the molecule is CC(C)C[C@@H](C(=O)NN(Cc1cccc(O)c1)S(C)(=O)=O)[C@H](C/C=C/c1ccccc1)C(=O)NO. The van der Waals surface area contributed by atoms with E-state index < -0.39 is 33.7 Å². The molecule has 0 saturated carbocycles. The molecule has 0 spiro atoms. The first kappa shape index (κ1) is 28.0. The Balaban J connectivity index is 2.29. The molecule has 0 heterocycles. The lowest BCUT2D eigenvalue weighted by atomic mass is 9.82. The van der Waals surface area contributed by atoms with Crippen molar-refractivity contribution in [1.82, 2.24) is 15.3 Å². The first-order valence-electron chi connectivity index (χ1n) is 11.2. The number of nitrogens with zero attached hydrogens (tertiary/aromatic N) is 1. The van der Waals surface area contributed by atoms with Gasteiger partial charge in [0.05, 0.1) is 24.6 Å². The number of hydroxylamine groups is 1. The number of carbonyl (C=O) groups is 2. The Bertz CT molecular complexity index is 1120. The smallest absolute Gasteiger partial charge is 0.247 e. The quantitative estimate of drug-likeness (QED) is 0.260. The first-order chi connectivity index (χ1) is 16.5. The number of hydrogen-bond donors (Lipinski definition) is 4. The Hall–Kier alpha value is -3.21. The van der Waals surface area contributed by atoms with Gasteiger partial charge in [-0.1, -0.05) is 68.5 Å². The van der Waals surface area contributed by atoms with Crippen LogP contribution in [0.25, 0.3) is 6.08 Å². The van der Waals surface area contributed by atoms with Gasteiger partial charge in [-0.3, -0.25) is 20.2 Å². The van der Waals surface area contributed by atoms with Crippen molar-refractivity contribution in [3.63, 3.8) is 0 Å². The zero-order valence-corrected chi connectivity index (χ0v) is 20.9. The second-order valence-electron chi connectivity index (χ2n) is 8.78. The van der Waals surface area contributed by atoms with E-state index in [1.807, 2.05) is 50.3 Å². The molecule has 0 aliphatic rings. The number of carbonyl (C=O) groups excluding carboxylic acids is 2. The average molecular weight is 504 g/mol. The van der Waals surface area contributed by atoms with Crippen molar-refractivity contribution < 1.29 is 28.3 Å². The number of hydrogen-bond acceptors (Lipinski definition) is 6. The van der Waals surface area contributed by atoms with Gasteiger partial charge in [0.1, 0.15) is 5.75 Å². The van der Waals surface area contributed by atoms with Crippen LogP contribution in [-0.4, -0.2) is 41.2 Å². The van der Waals surface area contributed by atoms with Crippen molar-refractivity contribution in [2.45, 2.75) is 33.2 Å². The monoisotopic (exact) mass is 503 g/mol. The summed E-state index contributed by atoms with van der Waals surface area (Å²) >= 11 is 0. The number of rotatable bonds is 12. The Morgan fingerprint density at radius 1 is 1.03 bits per heavy atom. The number of amides is 2. The topological polar surface area (TPSA) is 136 Å². The molecule has 0 radical (unpaired) electrons. The first-order valence-corrected chi connectivity index (χ1v) is 13.1. The van der Waals surface area contributed by atoms with E-state index in [9.17, 15) is 28.3 Å². The minimum Gasteiger partial charge on any atom is -0.508 e. The van der Waals surface area contributed by atoms with Crippen molar-refractivity contribution in [1.29, 1.82) is 0 Å². The van der Waals surface area contributed by atoms with Gasteiger partial charge in [0.2, 0.25) is 21.8 Å². The summed E-state index contributed by atoms with van der Waals surface area (Å²) in [6.07, 6.45) is 4.95. The maximum absolute atomic E-state index is 13.3. The fraction of sp³-hybridized carbons (Fsp3) is 0.360. The lowest BCUT2D eigenvalue weighted by Crippen LogP contribution is -2.50. The van der Waals surface area contributed by atoms with E-state index >= 15 is 0 Å². The van der Waals surface area contributed by atoms with Crippen LogP contribution in [0.5, 0.6) is 5.75 Å². The van der Waals surface area contributed by atoms with Crippen LogP contribution in [0.3, 0.4) is 0 Å². The van der Waals surface area contributed by atoms with Gasteiger partial charge in [0, 0.05) is 0 Å². The number of sulfonamides is 1. The zero-order valence-electron chi connectivity index (χ0n) is 20.1. The van der Waals surface area contributed by atoms with Crippen LogP contribution in [0, 0.1) is 17.8 Å². The summed E-state index contributed by atoms with van der Waals surface area (Å²) in [6.45, 7) is 3.56. The van der Waals surface area contributed by atoms with Crippen molar-refractivity contribution in [2.75, 3.05) is 6.26 Å². The molecule has 2 aromatic rings. The molecular formula is C25H33N3O6S. The molecule has 2 atom stereocenters. The molecule has 9 nitrogen and oxygen atoms in total. The fourth-order valence-corrected chi connectivity index (χ4v) is 4.32. The summed E-state index contributed by atoms with van der Waals surface area (Å²) in [5.41, 5.74) is 5.45. The second kappa shape index (κ2) is 13.0. The van der Waals surface area contributed by atoms with Crippen LogP contribution in [0.4, 0.5) is 0 Å². The molecule has 0 aliphatic carbocycles. The predicted molar refractivity (Wildman–Crippen MR) is 133 cm³/mol. The molecule has 0 aromatic heterocycles. The van der Waals surface area contributed by atoms with Gasteiger partial charge >= 0.3 is 0 Å². The summed E-state index contributed by atoms with van der Waals surface area (Å²) in [5, 5.41) is 19.0. The van der Waals surface area contributed by atoms with Crippen molar-refractivity contribution >= 4 is 27.9 Å². The van der Waals surface area contributed by atoms with Crippen LogP contribution in [-0.2, 0) is 26.2 Å². The lowest BCUT2D eigenvalue weighted by Gasteiger charge is -2.28. The maximum Gasteiger partial charge on any atom is 0.247 e. The van der Waals surface area contributed by atoms with E-state index in [0.29, 0.717) is 5.56 Å². The lowest BCUT2D eigenvalue weighted by molar-refractivity contribution is -0.142. The highest BCUT2D eigenvalue weighted by Gasteiger charge is 2.35. The molecule has 190 valence electrons. The highest BCUT2D eigenvalue weighted by molar-refractivity contribution is 7.88. The number of phenols is 1. The van der Waals surface area contributed by atoms with Gasteiger partial charge in [-0.15, -0.1) is 4.41 Å². The zero-order chi connectivity index (χ0) is 26.0. The van der Waals surface area contributed by atoms with Crippen molar-refractivity contribution in [3.05, 3.63) is 71.8 Å². The number of aromatic hydroxyl groups is 1. The van der Waals surface area contributed by atoms with Gasteiger partial charge < -0.3 is 5.11 Å². The van der Waals surface area contributed by atoms with E-state index in [1.54, 1.807) is 23.7 Å². The summed E-state index contributed by atoms with van der Waals surface area (Å²) < 4.78 is 25.6. The van der Waals surface area contributed by atoms with Gasteiger partial charge in [0.15, 0.2) is 0 Å². The number of allylic oxidation sites excluding steroid dienone is 1. The van der Waals surface area contributed by atoms with Crippen LogP contribution in [0.1, 0.15) is 37.8 Å². The molecule has 0 fully saturated rings. The van der Waals surface area contributed by atoms with E-state index in [0.717, 1.165) is 16.2 Å². The second-order valence-corrected chi connectivity index (χ2v) is 10.7. The fourth-order valence-electron chi connectivity index (χ4n) is 3.68. The molecule has 4 N–H and O–H groups in total. The van der Waals surface area contributed by atoms with E-state index in [1.165, 1.54) is 12.1 Å². The largest absolute Gasteiger partial charge is 0.508 e. The van der Waals surface area contributed by atoms with Crippen LogP contribution in [0.2, 0.25) is 0 Å². The molecule has 0 bridgehead atoms. The molecular weight excluding hydrogens is 470 g/mol. The number of nitrogens with one attached hydrogen (secondary N) is 2. The third kappa shape index (κ3) is 9.16. The van der Waals surface area contributed by atoms with Gasteiger partial charge in [0.25, 0.3) is 0 Å². The number of phenolic OH excluding ortho intramolecular Hbond substituents is 1. The van der Waals surface area contributed by atoms with E-state index in [2.05, 4.69) is 5.43 Å². The van der Waals surface area contributed by atoms with Crippen molar-refractivity contribution in [3.8, 4) is 5.75 Å². The summed E-state index contributed by atoms with van der Waals surface area (Å²) in [5.74, 6) is -3.28. The Morgan fingerprint density at radius 2 is 1.71 bits per heavy atom. The third-order valence-electron chi connectivity index (χ3n) is 5.37. The van der Waals surface area contributed by atoms with Gasteiger partial charge in [-0.05, 0) is 42.0 Å². The Kier molecular flexibility index (Phi) is 10.4. The van der Waals surface area contributed by atoms with Crippen LogP contribution in [0.15, 0.2) is 60.7 Å². The normalized spacial score (nSPS) is 13.7. The number of benzene rings is 2. The molecule has 2 rings (SSSR count). The summed E-state index contributed by atoms with van der Waals surface area (Å²) in [6, 6.07) is 15.4. The minimum absolute atomic E-state index is 0.00981. The van der Waals surface area contributed by atoms with Crippen LogP contribution < -0.4 is 10.9 Å². The maximum atomic E-state index is 13.3. The molecule has 0 unspecified atom stereocenters. The van der Waals surface area contributed by atoms with E-state index in [-0.39, 0.29) is 31.1 Å². The summed E-state index contributed by atoms with van der Waals surface area (Å²) in [4.78, 5) is 25.9. The minimum atomic E-state index is -3.88. The van der Waals surface area contributed by atoms with Crippen LogP contribution >= 0.6 is 0 Å². The number of hydrazine groups is 1. The molecule has 0 saturated heterocycles. The molecule has 2 aromatic carbocycles. The molecule has 10 heteroatoms. The Labute approximate surface area is 206 Å². The highest BCUT2D eigenvalue weighted by atomic mass is 32.2. The van der Waals surface area contributed by atoms with E-state index in [4.69, 9.17) is 0 Å². The van der Waals surface area contributed by atoms with Gasteiger partial charge in [-0.25, -0.2) is 13.9 Å². The van der Waals surface area contributed by atoms with Gasteiger partial charge in [-0.2, -0.15) is 0 Å². The standard InChI is InChI=1S/C25H33N3O6S/c1-18(2)15-23(22(25(31)27-32)14-8-11-19-9-5-4-6-10-19)24(30)26-28(35(3,33)34)17-20-12-7-13-21(29)16-20/h4-13,16,18,22-23,29,32H,14-15,17H2,1-3H3,(H,26,30)(H,27,31)/b11-8+/t22-,23+/m0/s1. The highest BCUT2D eigenvalue weighted by Crippen LogP contribution is 2.26. The summed E-state index contributed by atoms with van der Waals surface area (Å²) in [7, 11) is -3.88. The average Bonchev–Trinajstić information content (AvgIpc) is 2.79. The van der Waals surface area contributed by atoms with Crippen molar-refractivity contribution in [2.24, 2.45) is 17.8 Å². The molecule has 35 heavy (non-hydrogen) atoms.